The van der Waals surface area contributed by atoms with Crippen LogP contribution in [0.4, 0.5) is 0 Å². The van der Waals surface area contributed by atoms with Gasteiger partial charge in [0.05, 0.1) is 11.1 Å². The lowest BCUT2D eigenvalue weighted by Gasteiger charge is -2.23. The van der Waals surface area contributed by atoms with Gasteiger partial charge in [0, 0.05) is 13.3 Å². The number of carbonyl (C=O) groups is 2. The first-order valence-electron chi connectivity index (χ1n) is 9.85. The van der Waals surface area contributed by atoms with Gasteiger partial charge in [-0.1, -0.05) is 48.5 Å². The summed E-state index contributed by atoms with van der Waals surface area (Å²) in [7, 11) is -7.89. The largest absolute Gasteiger partial charge is 0.437 e. The normalized spacial score (nSPS) is 23.2. The molecule has 6 nitrogen and oxygen atoms in total. The molecule has 0 radical (unpaired) electrons. The molecule has 1 heterocycles. The molecule has 8 heteroatoms. The average molecular weight is 464 g/mol. The summed E-state index contributed by atoms with van der Waals surface area (Å²) >= 11 is 0. The molecule has 0 fully saturated rings. The van der Waals surface area contributed by atoms with Crippen LogP contribution in [0.5, 0.6) is 11.5 Å². The molecular formula is C24H18O6P2. The van der Waals surface area contributed by atoms with Crippen LogP contribution in [0.25, 0.3) is 21.5 Å². The summed E-state index contributed by atoms with van der Waals surface area (Å²) in [5, 5.41) is 2.87. The molecule has 5 rings (SSSR count). The number of rotatable bonds is 0. The molecule has 1 aliphatic heterocycles. The van der Waals surface area contributed by atoms with Crippen LogP contribution in [0, 0.1) is 0 Å². The first-order valence-corrected chi connectivity index (χ1v) is 14.0. The van der Waals surface area contributed by atoms with Crippen molar-refractivity contribution in [1.82, 2.24) is 0 Å². The smallest absolute Gasteiger partial charge is 0.314 e. The zero-order valence-corrected chi connectivity index (χ0v) is 19.1. The van der Waals surface area contributed by atoms with Gasteiger partial charge in [-0.2, -0.15) is 0 Å². The van der Waals surface area contributed by atoms with E-state index in [1.54, 1.807) is 36.4 Å². The predicted molar refractivity (Wildman–Crippen MR) is 125 cm³/mol. The van der Waals surface area contributed by atoms with Gasteiger partial charge in [-0.25, -0.2) is 0 Å². The lowest BCUT2D eigenvalue weighted by molar-refractivity contribution is 0.104. The van der Waals surface area contributed by atoms with Gasteiger partial charge in [-0.15, -0.1) is 0 Å². The van der Waals surface area contributed by atoms with E-state index in [0.717, 1.165) is 10.8 Å². The highest BCUT2D eigenvalue weighted by Gasteiger charge is 2.40. The van der Waals surface area contributed by atoms with Gasteiger partial charge in [0.15, 0.2) is 0 Å². The highest BCUT2D eigenvalue weighted by Crippen LogP contribution is 2.56. The molecule has 0 amide bonds. The predicted octanol–water partition coefficient (Wildman–Crippen LogP) is 6.56. The molecule has 4 aromatic carbocycles. The molecule has 0 saturated heterocycles. The lowest BCUT2D eigenvalue weighted by atomic mass is 10.1. The Balaban J connectivity index is 1.79. The molecule has 32 heavy (non-hydrogen) atoms. The third-order valence-electron chi connectivity index (χ3n) is 5.44. The number of benzene rings is 4. The van der Waals surface area contributed by atoms with Gasteiger partial charge in [-0.05, 0) is 45.8 Å². The number of hydrogen-bond acceptors (Lipinski definition) is 6. The van der Waals surface area contributed by atoms with Crippen LogP contribution in [0.1, 0.15) is 20.7 Å². The fourth-order valence-corrected chi connectivity index (χ4v) is 6.26. The first-order chi connectivity index (χ1) is 15.2. The van der Waals surface area contributed by atoms with E-state index in [1.165, 1.54) is 37.6 Å². The molecule has 0 saturated carbocycles. The molecule has 2 unspecified atom stereocenters. The maximum absolute atomic E-state index is 13.5. The van der Waals surface area contributed by atoms with E-state index in [-0.39, 0.29) is 22.6 Å². The van der Waals surface area contributed by atoms with Crippen LogP contribution >= 0.6 is 14.7 Å². The highest BCUT2D eigenvalue weighted by atomic mass is 31.2. The number of fused-ring (bicyclic) bond motifs is 4. The monoisotopic (exact) mass is 464 g/mol. The standard InChI is InChI=1S/C24H18O6P2/c1-31(27)23(25)19-11-15-7-3-6-10-18(15)14-22(19)30-32(2,28)24(26)20-12-16-8-4-5-9-17(16)13-21(20)29-31/h3-14H,1-2H3. The van der Waals surface area contributed by atoms with E-state index in [0.29, 0.717) is 10.8 Å². The van der Waals surface area contributed by atoms with Crippen LogP contribution in [0.2, 0.25) is 0 Å². The van der Waals surface area contributed by atoms with E-state index >= 15 is 0 Å². The molecule has 0 N–H and O–H groups in total. The first kappa shape index (κ1) is 20.7. The highest BCUT2D eigenvalue weighted by molar-refractivity contribution is 7.77. The Kier molecular flexibility index (Phi) is 4.63. The van der Waals surface area contributed by atoms with Gasteiger partial charge in [0.2, 0.25) is 0 Å². The van der Waals surface area contributed by atoms with Crippen molar-refractivity contribution in [3.63, 3.8) is 0 Å². The van der Waals surface area contributed by atoms with Crippen LogP contribution in [-0.4, -0.2) is 24.4 Å². The molecule has 160 valence electrons. The Hall–Kier alpha value is -3.20. The van der Waals surface area contributed by atoms with Crippen LogP contribution in [0.3, 0.4) is 0 Å². The summed E-state index contributed by atoms with van der Waals surface area (Å²) in [6.07, 6.45) is 0. The minimum atomic E-state index is -3.95. The van der Waals surface area contributed by atoms with E-state index in [4.69, 9.17) is 9.05 Å². The third kappa shape index (κ3) is 3.37. The Morgan fingerprint density at radius 1 is 0.562 bits per heavy atom. The second-order valence-electron chi connectivity index (χ2n) is 7.88. The molecule has 0 bridgehead atoms. The summed E-state index contributed by atoms with van der Waals surface area (Å²) in [4.78, 5) is 26.7. The zero-order valence-electron chi connectivity index (χ0n) is 17.3. The Labute approximate surface area is 184 Å². The molecule has 4 aromatic rings. The summed E-state index contributed by atoms with van der Waals surface area (Å²) in [6.45, 7) is 2.43. The minimum absolute atomic E-state index is 0.0337. The maximum Gasteiger partial charge on any atom is 0.314 e. The summed E-state index contributed by atoms with van der Waals surface area (Å²) in [5.74, 6) is -0.106. The Morgan fingerprint density at radius 3 is 1.22 bits per heavy atom. The second kappa shape index (κ2) is 7.16. The van der Waals surface area contributed by atoms with Gasteiger partial charge >= 0.3 is 14.7 Å². The quantitative estimate of drug-likeness (QED) is 0.274. The summed E-state index contributed by atoms with van der Waals surface area (Å²) < 4.78 is 38.4. The fourth-order valence-electron chi connectivity index (χ4n) is 3.82. The number of carbonyl (C=O) groups excluding carboxylic acids is 2. The van der Waals surface area contributed by atoms with E-state index in [2.05, 4.69) is 0 Å². The molecular weight excluding hydrogens is 446 g/mol. The van der Waals surface area contributed by atoms with E-state index in [1.807, 2.05) is 12.1 Å². The van der Waals surface area contributed by atoms with Gasteiger partial charge < -0.3 is 9.05 Å². The zero-order chi connectivity index (χ0) is 22.7. The topological polar surface area (TPSA) is 86.7 Å². The van der Waals surface area contributed by atoms with Crippen molar-refractivity contribution < 1.29 is 27.8 Å². The molecule has 0 aliphatic carbocycles. The Bertz CT molecular complexity index is 1440. The molecule has 2 atom stereocenters. The third-order valence-corrected chi connectivity index (χ3v) is 8.49. The van der Waals surface area contributed by atoms with Crippen LogP contribution < -0.4 is 9.05 Å². The van der Waals surface area contributed by atoms with Crippen molar-refractivity contribution in [2.75, 3.05) is 13.3 Å². The van der Waals surface area contributed by atoms with Gasteiger partial charge in [-0.3, -0.25) is 18.7 Å². The van der Waals surface area contributed by atoms with Gasteiger partial charge in [0.25, 0.3) is 11.0 Å². The Morgan fingerprint density at radius 2 is 0.875 bits per heavy atom. The average Bonchev–Trinajstić information content (AvgIpc) is 2.76. The summed E-state index contributed by atoms with van der Waals surface area (Å²) in [5.41, 5.74) is -1.61. The number of hydrogen-bond donors (Lipinski definition) is 0. The molecule has 0 aromatic heterocycles. The lowest BCUT2D eigenvalue weighted by Crippen LogP contribution is -2.14. The molecule has 1 aliphatic rings. The SMILES string of the molecule is CP1(=O)Oc2cc3ccccc3cc2C(=O)P(C)(=O)Oc2cc3ccccc3cc2C1=O. The second-order valence-corrected chi connectivity index (χ2v) is 12.4. The minimum Gasteiger partial charge on any atom is -0.437 e. The summed E-state index contributed by atoms with van der Waals surface area (Å²) in [6, 6.07) is 20.5. The van der Waals surface area contributed by atoms with Crippen molar-refractivity contribution in [2.45, 2.75) is 0 Å². The van der Waals surface area contributed by atoms with Crippen molar-refractivity contribution >= 4 is 47.3 Å². The molecule has 0 spiro atoms. The van der Waals surface area contributed by atoms with Crippen LogP contribution in [-0.2, 0) is 9.13 Å². The fraction of sp³-hybridized carbons (Fsp3) is 0.0833. The van der Waals surface area contributed by atoms with Crippen molar-refractivity contribution in [3.05, 3.63) is 83.9 Å². The van der Waals surface area contributed by atoms with Crippen molar-refractivity contribution in [3.8, 4) is 11.5 Å². The maximum atomic E-state index is 13.5. The van der Waals surface area contributed by atoms with Gasteiger partial charge in [0.1, 0.15) is 11.5 Å². The van der Waals surface area contributed by atoms with Crippen LogP contribution in [0.15, 0.2) is 72.8 Å². The van der Waals surface area contributed by atoms with Crippen molar-refractivity contribution in [1.29, 1.82) is 0 Å². The van der Waals surface area contributed by atoms with E-state index in [9.17, 15) is 18.7 Å². The van der Waals surface area contributed by atoms with E-state index < -0.39 is 25.8 Å². The van der Waals surface area contributed by atoms with Crippen molar-refractivity contribution in [2.24, 2.45) is 0 Å².